The lowest BCUT2D eigenvalue weighted by Crippen LogP contribution is -2.47. The van der Waals surface area contributed by atoms with E-state index in [9.17, 15) is 14.0 Å². The van der Waals surface area contributed by atoms with Gasteiger partial charge in [0.2, 0.25) is 0 Å². The van der Waals surface area contributed by atoms with Gasteiger partial charge in [-0.2, -0.15) is 0 Å². The van der Waals surface area contributed by atoms with Gasteiger partial charge >= 0.3 is 0 Å². The first kappa shape index (κ1) is 17.5. The van der Waals surface area contributed by atoms with E-state index in [2.05, 4.69) is 5.32 Å². The van der Waals surface area contributed by atoms with E-state index in [1.807, 2.05) is 0 Å². The van der Waals surface area contributed by atoms with Crippen molar-refractivity contribution in [3.05, 3.63) is 65.0 Å². The molecule has 1 saturated heterocycles. The molecule has 5 nitrogen and oxygen atoms in total. The first-order valence-electron chi connectivity index (χ1n) is 9.63. The third-order valence-corrected chi connectivity index (χ3v) is 5.66. The van der Waals surface area contributed by atoms with Crippen LogP contribution < -0.4 is 5.32 Å². The Morgan fingerprint density at radius 3 is 2.61 bits per heavy atom. The Kier molecular flexibility index (Phi) is 4.07. The minimum Gasteiger partial charge on any atom is -0.338 e. The van der Waals surface area contributed by atoms with E-state index in [1.54, 1.807) is 18.2 Å². The zero-order valence-electron chi connectivity index (χ0n) is 15.2. The smallest absolute Gasteiger partial charge is 0.289 e. The van der Waals surface area contributed by atoms with Gasteiger partial charge in [-0.3, -0.25) is 9.59 Å². The molecular formula is C22H20FNO4. The van der Waals surface area contributed by atoms with Gasteiger partial charge in [-0.15, -0.1) is 0 Å². The average molecular weight is 381 g/mol. The van der Waals surface area contributed by atoms with Crippen molar-refractivity contribution in [2.75, 3.05) is 11.9 Å². The van der Waals surface area contributed by atoms with Gasteiger partial charge < -0.3 is 14.8 Å². The maximum Gasteiger partial charge on any atom is 0.289 e. The third-order valence-electron chi connectivity index (χ3n) is 5.66. The summed E-state index contributed by atoms with van der Waals surface area (Å²) in [5.41, 5.74) is 1.90. The molecule has 2 aromatic carbocycles. The highest BCUT2D eigenvalue weighted by Gasteiger charge is 2.53. The van der Waals surface area contributed by atoms with Crippen LogP contribution in [0.2, 0.25) is 0 Å². The number of ketones is 1. The van der Waals surface area contributed by atoms with Crippen LogP contribution in [0.25, 0.3) is 0 Å². The normalized spacial score (nSPS) is 26.2. The number of ether oxygens (including phenoxy) is 2. The monoisotopic (exact) mass is 381 g/mol. The van der Waals surface area contributed by atoms with Crippen LogP contribution in [0.15, 0.2) is 42.5 Å². The molecule has 2 fully saturated rings. The van der Waals surface area contributed by atoms with E-state index in [1.165, 1.54) is 37.1 Å². The largest absolute Gasteiger partial charge is 0.338 e. The lowest BCUT2D eigenvalue weighted by Gasteiger charge is -2.37. The highest BCUT2D eigenvalue weighted by atomic mass is 19.1. The van der Waals surface area contributed by atoms with Gasteiger partial charge in [0.1, 0.15) is 5.82 Å². The van der Waals surface area contributed by atoms with Crippen LogP contribution in [-0.4, -0.2) is 24.4 Å². The molecule has 1 N–H and O–H groups in total. The zero-order chi connectivity index (χ0) is 19.3. The maximum atomic E-state index is 13.2. The summed E-state index contributed by atoms with van der Waals surface area (Å²) in [6.45, 7) is 0.431. The Hall–Kier alpha value is -2.57. The summed E-state index contributed by atoms with van der Waals surface area (Å²) in [5.74, 6) is -1.82. The summed E-state index contributed by atoms with van der Waals surface area (Å²) in [7, 11) is 0. The number of amides is 1. The number of carbonyl (C=O) groups excluding carboxylic acids is 2. The number of halogens is 1. The van der Waals surface area contributed by atoms with E-state index in [-0.39, 0.29) is 17.8 Å². The molecule has 2 aromatic rings. The molecule has 6 heteroatoms. The molecule has 1 unspecified atom stereocenters. The summed E-state index contributed by atoms with van der Waals surface area (Å²) in [6, 6.07) is 10.4. The minimum absolute atomic E-state index is 0.0330. The summed E-state index contributed by atoms with van der Waals surface area (Å²) >= 11 is 0. The quantitative estimate of drug-likeness (QED) is 0.819. The van der Waals surface area contributed by atoms with Gasteiger partial charge in [-0.25, -0.2) is 4.39 Å². The van der Waals surface area contributed by atoms with Crippen molar-refractivity contribution in [2.45, 2.75) is 37.6 Å². The second-order valence-electron chi connectivity index (χ2n) is 7.72. The summed E-state index contributed by atoms with van der Waals surface area (Å²) in [6.07, 6.45) is 4.09. The fourth-order valence-electron chi connectivity index (χ4n) is 3.97. The molecule has 0 aromatic heterocycles. The van der Waals surface area contributed by atoms with Gasteiger partial charge in [0, 0.05) is 16.7 Å². The summed E-state index contributed by atoms with van der Waals surface area (Å²) in [5, 5.41) is 2.81. The lowest BCUT2D eigenvalue weighted by molar-refractivity contribution is -0.281. The van der Waals surface area contributed by atoms with Gasteiger partial charge in [-0.1, -0.05) is 12.8 Å². The van der Waals surface area contributed by atoms with Crippen molar-refractivity contribution in [2.24, 2.45) is 5.92 Å². The Balaban J connectivity index is 1.48. The van der Waals surface area contributed by atoms with Crippen molar-refractivity contribution in [3.63, 3.8) is 0 Å². The fourth-order valence-corrected chi connectivity index (χ4v) is 3.97. The van der Waals surface area contributed by atoms with Crippen molar-refractivity contribution >= 4 is 17.4 Å². The molecule has 2 heterocycles. The Labute approximate surface area is 161 Å². The molecule has 1 spiro atoms. The average Bonchev–Trinajstić information content (AvgIpc) is 3.48. The van der Waals surface area contributed by atoms with Crippen LogP contribution in [0.5, 0.6) is 0 Å². The van der Waals surface area contributed by atoms with Crippen LogP contribution in [0.4, 0.5) is 10.1 Å². The van der Waals surface area contributed by atoms with Crippen LogP contribution >= 0.6 is 0 Å². The van der Waals surface area contributed by atoms with Crippen molar-refractivity contribution < 1.29 is 23.5 Å². The number of rotatable bonds is 4. The molecular weight excluding hydrogens is 361 g/mol. The second-order valence-corrected chi connectivity index (χ2v) is 7.72. The standard InChI is InChI=1S/C22H20FNO4/c23-16-6-3-14(4-7-16)20(25)15-5-8-19-18(12-15)22(21(26)24-19)27-10-9-17(28-22)11-13-1-2-13/h3-8,12-13,17H,1-2,9-11H2,(H,24,26)/t17?,22-/m1/s1. The molecule has 0 radical (unpaired) electrons. The van der Waals surface area contributed by atoms with Crippen molar-refractivity contribution in [3.8, 4) is 0 Å². The van der Waals surface area contributed by atoms with Gasteiger partial charge in [0.05, 0.1) is 18.4 Å². The van der Waals surface area contributed by atoms with Crippen LogP contribution in [0, 0.1) is 11.7 Å². The predicted octanol–water partition coefficient (Wildman–Crippen LogP) is 3.77. The zero-order valence-corrected chi connectivity index (χ0v) is 15.2. The number of fused-ring (bicyclic) bond motifs is 2. The Morgan fingerprint density at radius 1 is 1.11 bits per heavy atom. The predicted molar refractivity (Wildman–Crippen MR) is 99.4 cm³/mol. The van der Waals surface area contributed by atoms with Crippen molar-refractivity contribution in [1.82, 2.24) is 0 Å². The Morgan fingerprint density at radius 2 is 1.86 bits per heavy atom. The number of hydrogen-bond acceptors (Lipinski definition) is 4. The highest BCUT2D eigenvalue weighted by molar-refractivity contribution is 6.11. The number of nitrogens with one attached hydrogen (secondary N) is 1. The third kappa shape index (κ3) is 2.93. The highest BCUT2D eigenvalue weighted by Crippen LogP contribution is 2.46. The second kappa shape index (κ2) is 6.50. The van der Waals surface area contributed by atoms with E-state index in [0.29, 0.717) is 34.9 Å². The number of anilines is 1. The fraction of sp³-hybridized carbons (Fsp3) is 0.364. The van der Waals surface area contributed by atoms with E-state index < -0.39 is 11.6 Å². The topological polar surface area (TPSA) is 64.6 Å². The SMILES string of the molecule is O=C(c1ccc(F)cc1)c1ccc2c(c1)[C@]1(OCCC(CC3CC3)O1)C(=O)N2. The molecule has 1 saturated carbocycles. The molecule has 1 amide bonds. The number of benzene rings is 2. The lowest BCUT2D eigenvalue weighted by atomic mass is 9.97. The molecule has 144 valence electrons. The van der Waals surface area contributed by atoms with E-state index in [4.69, 9.17) is 9.47 Å². The maximum absolute atomic E-state index is 13.2. The molecule has 3 aliphatic rings. The van der Waals surface area contributed by atoms with Gasteiger partial charge in [0.15, 0.2) is 5.78 Å². The molecule has 28 heavy (non-hydrogen) atoms. The van der Waals surface area contributed by atoms with Crippen LogP contribution in [-0.2, 0) is 20.1 Å². The first-order valence-corrected chi connectivity index (χ1v) is 9.63. The van der Waals surface area contributed by atoms with Crippen LogP contribution in [0.3, 0.4) is 0 Å². The minimum atomic E-state index is -1.49. The molecule has 0 bridgehead atoms. The van der Waals surface area contributed by atoms with Crippen LogP contribution in [0.1, 0.15) is 47.2 Å². The van der Waals surface area contributed by atoms with Gasteiger partial charge in [0.25, 0.3) is 11.7 Å². The molecule has 1 aliphatic carbocycles. The molecule has 5 rings (SSSR count). The molecule has 2 atom stereocenters. The van der Waals surface area contributed by atoms with E-state index >= 15 is 0 Å². The summed E-state index contributed by atoms with van der Waals surface area (Å²) < 4.78 is 25.2. The van der Waals surface area contributed by atoms with Crippen molar-refractivity contribution in [1.29, 1.82) is 0 Å². The van der Waals surface area contributed by atoms with E-state index in [0.717, 1.165) is 12.8 Å². The number of carbonyl (C=O) groups is 2. The molecule has 2 aliphatic heterocycles. The first-order chi connectivity index (χ1) is 13.5. The number of hydrogen-bond donors (Lipinski definition) is 1. The van der Waals surface area contributed by atoms with Gasteiger partial charge in [-0.05, 0) is 61.2 Å². The summed E-state index contributed by atoms with van der Waals surface area (Å²) in [4.78, 5) is 25.6. The Bertz CT molecular complexity index is 954.